The van der Waals surface area contributed by atoms with E-state index in [1.165, 1.54) is 5.12 Å². The van der Waals surface area contributed by atoms with Gasteiger partial charge in [0.15, 0.2) is 0 Å². The summed E-state index contributed by atoms with van der Waals surface area (Å²) in [5.74, 6) is 0. The van der Waals surface area contributed by atoms with E-state index in [1.54, 1.807) is 14.1 Å². The second-order valence-electron chi connectivity index (χ2n) is 1.26. The van der Waals surface area contributed by atoms with E-state index in [-0.39, 0.29) is 0 Å². The second kappa shape index (κ2) is 5.45. The quantitative estimate of drug-likeness (QED) is 0.329. The minimum absolute atomic E-state index is 1.46. The molecule has 0 aliphatic carbocycles. The lowest BCUT2D eigenvalue weighted by atomic mass is 11.4. The van der Waals surface area contributed by atoms with Gasteiger partial charge in [0.2, 0.25) is 0 Å². The number of hydrazone groups is 1. The zero-order chi connectivity index (χ0) is 7.11. The summed E-state index contributed by atoms with van der Waals surface area (Å²) in [5, 5.41) is 4.83. The van der Waals surface area contributed by atoms with Gasteiger partial charge in [-0.15, -0.1) is 5.12 Å². The maximum Gasteiger partial charge on any atom is 0.0253 e. The van der Waals surface area contributed by atoms with Gasteiger partial charge in [0, 0.05) is 13.8 Å². The highest BCUT2D eigenvalue weighted by molar-refractivity contribution is 5.21. The molecule has 6 heteroatoms. The lowest BCUT2D eigenvalue weighted by molar-refractivity contribution is 0.135. The predicted molar refractivity (Wildman–Crippen MR) is 36.0 cm³/mol. The van der Waals surface area contributed by atoms with Crippen LogP contribution in [0.25, 0.3) is 5.43 Å². The van der Waals surface area contributed by atoms with Crippen LogP contribution in [0.3, 0.4) is 0 Å². The molecule has 0 rings (SSSR count). The highest BCUT2D eigenvalue weighted by Gasteiger charge is 1.82. The molecule has 0 fully saturated rings. The lowest BCUT2D eigenvalue weighted by Crippen LogP contribution is -2.48. The third-order valence-electron chi connectivity index (χ3n) is 0.550. The van der Waals surface area contributed by atoms with E-state index < -0.39 is 0 Å². The average Bonchev–Trinajstić information content (AvgIpc) is 1.85. The Hall–Kier alpha value is -0.690. The van der Waals surface area contributed by atoms with Crippen LogP contribution in [0.15, 0.2) is 5.10 Å². The van der Waals surface area contributed by atoms with Gasteiger partial charge in [-0.1, -0.05) is 0 Å². The number of hydrazine groups is 3. The van der Waals surface area contributed by atoms with Crippen LogP contribution in [0.4, 0.5) is 0 Å². The number of rotatable bonds is 5. The third-order valence-corrected chi connectivity index (χ3v) is 0.550. The van der Waals surface area contributed by atoms with Crippen LogP contribution in [0.1, 0.15) is 0 Å². The fraction of sp³-hybridized carbons (Fsp3) is 0.667. The average molecular weight is 131 g/mol. The van der Waals surface area contributed by atoms with Crippen molar-refractivity contribution in [3.8, 4) is 0 Å². The summed E-state index contributed by atoms with van der Waals surface area (Å²) in [6.07, 6.45) is 0. The van der Waals surface area contributed by atoms with Crippen LogP contribution in [-0.2, 0) is 0 Å². The van der Waals surface area contributed by atoms with Crippen molar-refractivity contribution in [2.24, 2.45) is 5.10 Å². The molecule has 0 aromatic rings. The minimum atomic E-state index is 1.46. The first kappa shape index (κ1) is 8.31. The van der Waals surface area contributed by atoms with Gasteiger partial charge >= 0.3 is 0 Å². The van der Waals surface area contributed by atoms with Crippen LogP contribution < -0.4 is 16.6 Å². The van der Waals surface area contributed by atoms with Crippen molar-refractivity contribution in [3.05, 3.63) is 5.43 Å². The van der Waals surface area contributed by atoms with Crippen molar-refractivity contribution in [2.45, 2.75) is 0 Å². The van der Waals surface area contributed by atoms with Crippen molar-refractivity contribution in [2.75, 3.05) is 14.1 Å². The van der Waals surface area contributed by atoms with Crippen molar-refractivity contribution >= 4 is 6.72 Å². The SMILES string of the molecule is C=NNN(C)NN[N-]C. The van der Waals surface area contributed by atoms with E-state index in [0.29, 0.717) is 0 Å². The summed E-state index contributed by atoms with van der Waals surface area (Å²) in [4.78, 5) is 0. The Kier molecular flexibility index (Phi) is 5.03. The largest absolute Gasteiger partial charge is 0.584 e. The van der Waals surface area contributed by atoms with E-state index in [1.807, 2.05) is 0 Å². The molecule has 0 aliphatic rings. The number of nitrogens with zero attached hydrogens (tertiary/aromatic N) is 3. The first-order valence-corrected chi connectivity index (χ1v) is 2.36. The Bertz CT molecular complexity index is 72.7. The van der Waals surface area contributed by atoms with Gasteiger partial charge in [0.1, 0.15) is 0 Å². The van der Waals surface area contributed by atoms with Crippen LogP contribution in [0, 0.1) is 0 Å². The van der Waals surface area contributed by atoms with E-state index in [9.17, 15) is 0 Å². The molecule has 0 heterocycles. The number of nitrogens with one attached hydrogen (secondary N) is 3. The summed E-state index contributed by atoms with van der Waals surface area (Å²) >= 11 is 0. The van der Waals surface area contributed by atoms with Crippen LogP contribution in [0.2, 0.25) is 0 Å². The van der Waals surface area contributed by atoms with Gasteiger partial charge in [-0.05, 0) is 0 Å². The summed E-state index contributed by atoms with van der Waals surface area (Å²) < 4.78 is 0. The third kappa shape index (κ3) is 5.18. The zero-order valence-corrected chi connectivity index (χ0v) is 5.55. The summed E-state index contributed by atoms with van der Waals surface area (Å²) in [6.45, 7) is 3.21. The van der Waals surface area contributed by atoms with E-state index >= 15 is 0 Å². The molecule has 0 radical (unpaired) electrons. The monoisotopic (exact) mass is 131 g/mol. The van der Waals surface area contributed by atoms with Crippen LogP contribution in [0.5, 0.6) is 0 Å². The fourth-order valence-electron chi connectivity index (χ4n) is 0.256. The number of hydrogen-bond donors (Lipinski definition) is 3. The molecule has 0 aromatic heterocycles. The Morgan fingerprint density at radius 2 is 2.33 bits per heavy atom. The Morgan fingerprint density at radius 3 is 2.78 bits per heavy atom. The summed E-state index contributed by atoms with van der Waals surface area (Å²) in [7, 11) is 3.33. The van der Waals surface area contributed by atoms with E-state index in [2.05, 4.69) is 33.8 Å². The molecule has 3 N–H and O–H groups in total. The maximum atomic E-state index is 3.55. The molecule has 0 aliphatic heterocycles. The van der Waals surface area contributed by atoms with Crippen molar-refractivity contribution < 1.29 is 0 Å². The van der Waals surface area contributed by atoms with Crippen molar-refractivity contribution in [1.29, 1.82) is 0 Å². The van der Waals surface area contributed by atoms with E-state index in [4.69, 9.17) is 0 Å². The standard InChI is InChI=1S/C3H11N6/c1-4-6-8-9(3)7-5-2/h6-8H,2H2,1,3H3/q-1. The topological polar surface area (TPSA) is 65.8 Å². The van der Waals surface area contributed by atoms with Gasteiger partial charge in [-0.3, -0.25) is 0 Å². The second-order valence-corrected chi connectivity index (χ2v) is 1.26. The van der Waals surface area contributed by atoms with Crippen LogP contribution in [-0.4, -0.2) is 25.9 Å². The smallest absolute Gasteiger partial charge is 0.0253 e. The normalized spacial score (nSPS) is 9.67. The lowest BCUT2D eigenvalue weighted by Gasteiger charge is -2.22. The number of hydrogen-bond acceptors (Lipinski definition) is 5. The summed E-state index contributed by atoms with van der Waals surface area (Å²) in [5.41, 5.74) is 11.1. The van der Waals surface area contributed by atoms with Gasteiger partial charge in [-0.25, -0.2) is 5.53 Å². The molecule has 0 saturated heterocycles. The molecule has 6 nitrogen and oxygen atoms in total. The minimum Gasteiger partial charge on any atom is -0.584 e. The van der Waals surface area contributed by atoms with Crippen molar-refractivity contribution in [3.63, 3.8) is 0 Å². The molecule has 54 valence electrons. The van der Waals surface area contributed by atoms with Gasteiger partial charge in [-0.2, -0.15) is 17.7 Å². The molecule has 0 aromatic carbocycles. The Labute approximate surface area is 54.2 Å². The zero-order valence-electron chi connectivity index (χ0n) is 5.55. The molecule has 0 atom stereocenters. The highest BCUT2D eigenvalue weighted by Crippen LogP contribution is 1.63. The summed E-state index contributed by atoms with van der Waals surface area (Å²) in [6, 6.07) is 0. The fourth-order valence-corrected chi connectivity index (χ4v) is 0.256. The molecule has 0 bridgehead atoms. The molecule has 0 saturated carbocycles. The first-order chi connectivity index (χ1) is 4.31. The Morgan fingerprint density at radius 1 is 1.67 bits per heavy atom. The molecular formula is C3H11N6-. The first-order valence-electron chi connectivity index (χ1n) is 2.36. The highest BCUT2D eigenvalue weighted by atomic mass is 15.9. The maximum absolute atomic E-state index is 3.55. The van der Waals surface area contributed by atoms with Crippen LogP contribution >= 0.6 is 0 Å². The molecular weight excluding hydrogens is 120 g/mol. The molecule has 0 spiro atoms. The molecule has 0 unspecified atom stereocenters. The molecule has 9 heavy (non-hydrogen) atoms. The van der Waals surface area contributed by atoms with Gasteiger partial charge in [0.25, 0.3) is 0 Å². The van der Waals surface area contributed by atoms with Gasteiger partial charge in [0.05, 0.1) is 0 Å². The Balaban J connectivity index is 3.04. The van der Waals surface area contributed by atoms with Crippen molar-refractivity contribution in [1.82, 2.24) is 21.7 Å². The molecule has 0 amide bonds. The van der Waals surface area contributed by atoms with Gasteiger partial charge < -0.3 is 11.0 Å². The predicted octanol–water partition coefficient (Wildman–Crippen LogP) is -1.03. The van der Waals surface area contributed by atoms with E-state index in [0.717, 1.165) is 0 Å².